The minimum atomic E-state index is -3.19. The van der Waals surface area contributed by atoms with Crippen molar-refractivity contribution in [3.8, 4) is 44.5 Å². The predicted molar refractivity (Wildman–Crippen MR) is 242 cm³/mol. The summed E-state index contributed by atoms with van der Waals surface area (Å²) in [6.07, 6.45) is 5.18. The average Bonchev–Trinajstić information content (AvgIpc) is 3.27. The molecule has 0 bridgehead atoms. The van der Waals surface area contributed by atoms with Gasteiger partial charge in [-0.25, -0.2) is 0 Å². The smallest absolute Gasteiger partial charge is 0.170 e. The summed E-state index contributed by atoms with van der Waals surface area (Å²) in [5, 5.41) is 9.41. The lowest BCUT2D eigenvalue weighted by atomic mass is 9.84. The van der Waals surface area contributed by atoms with E-state index in [1.165, 1.54) is 65.7 Å². The Kier molecular flexibility index (Phi) is 9.23. The predicted octanol–water partition coefficient (Wildman–Crippen LogP) is 14.4. The van der Waals surface area contributed by atoms with Gasteiger partial charge < -0.3 is 4.57 Å². The monoisotopic (exact) mass is 734 g/mol. The summed E-state index contributed by atoms with van der Waals surface area (Å²) in [6, 6.07) is 68.4. The highest BCUT2D eigenvalue weighted by Gasteiger charge is 2.30. The first-order valence-electron chi connectivity index (χ1n) is 18.9. The molecule has 1 unspecified atom stereocenters. The van der Waals surface area contributed by atoms with Crippen molar-refractivity contribution in [2.24, 2.45) is 0 Å². The summed E-state index contributed by atoms with van der Waals surface area (Å²) in [6.45, 7) is 7.91. The molecule has 1 nitrogen and oxygen atoms in total. The molecule has 0 amide bonds. The molecule has 0 spiro atoms. The summed E-state index contributed by atoms with van der Waals surface area (Å²) in [5.41, 5.74) is 9.32. The van der Waals surface area contributed by atoms with E-state index in [4.69, 9.17) is 0 Å². The molecule has 2 heteroatoms. The number of hydrogen-bond acceptors (Lipinski definition) is 1. The largest absolute Gasteiger partial charge is 0.309 e. The quantitative estimate of drug-likeness (QED) is 0.0820. The van der Waals surface area contributed by atoms with Crippen molar-refractivity contribution in [3.63, 3.8) is 0 Å². The zero-order valence-electron chi connectivity index (χ0n) is 31.0. The second-order valence-corrected chi connectivity index (χ2v) is 16.9. The molecule has 0 aromatic heterocycles. The number of hydrogen-bond donors (Lipinski definition) is 0. The Morgan fingerprint density at radius 1 is 0.393 bits per heavy atom. The van der Waals surface area contributed by atoms with Crippen LogP contribution in [0.3, 0.4) is 0 Å². The van der Waals surface area contributed by atoms with Gasteiger partial charge in [0, 0.05) is 15.9 Å². The van der Waals surface area contributed by atoms with Crippen LogP contribution in [0.15, 0.2) is 231 Å². The molecule has 0 N–H and O–H groups in total. The fourth-order valence-electron chi connectivity index (χ4n) is 8.16. The van der Waals surface area contributed by atoms with Gasteiger partial charge in [-0.15, -0.1) is 0 Å². The molecule has 0 saturated heterocycles. The number of allylic oxidation sites excluding steroid dienone is 4. The highest BCUT2D eigenvalue weighted by molar-refractivity contribution is 7.82. The van der Waals surface area contributed by atoms with Crippen LogP contribution in [0.25, 0.3) is 76.8 Å². The first-order chi connectivity index (χ1) is 27.6. The second kappa shape index (κ2) is 14.8. The van der Waals surface area contributed by atoms with Crippen molar-refractivity contribution in [2.75, 3.05) is 0 Å². The van der Waals surface area contributed by atoms with E-state index >= 15 is 4.57 Å². The third-order valence-electron chi connectivity index (χ3n) is 10.9. The third-order valence-corrected chi connectivity index (χ3v) is 14.0. The standard InChI is InChI=1S/C54H39OP/c1-3-15-46(4-2)56(55,47-20-9-6-10-21-47)48-33-30-41(31-34-48)44-32-35-51-52(37-44)54(45-29-26-39-18-11-12-19-43(39)36-45)50-23-14-13-22-49(50)53(51)42-27-24-40(25-28-42)38-16-7-5-8-17-38/h3-37H,1-2H2/b46-15+. The lowest BCUT2D eigenvalue weighted by Gasteiger charge is -2.21. The Labute approximate surface area is 328 Å². The highest BCUT2D eigenvalue weighted by atomic mass is 31.2. The molecule has 0 radical (unpaired) electrons. The molecular formula is C54H39OP. The molecular weight excluding hydrogens is 696 g/mol. The van der Waals surface area contributed by atoms with Crippen LogP contribution in [-0.2, 0) is 4.57 Å². The van der Waals surface area contributed by atoms with Crippen molar-refractivity contribution < 1.29 is 4.57 Å². The zero-order valence-corrected chi connectivity index (χ0v) is 31.9. The molecule has 9 rings (SSSR count). The number of fused-ring (bicyclic) bond motifs is 3. The summed E-state index contributed by atoms with van der Waals surface area (Å²) >= 11 is 0. The fraction of sp³-hybridized carbons (Fsp3) is 0. The van der Waals surface area contributed by atoms with Crippen molar-refractivity contribution in [1.29, 1.82) is 0 Å². The Bertz CT molecular complexity index is 2990. The molecule has 0 aliphatic carbocycles. The molecule has 0 aliphatic heterocycles. The van der Waals surface area contributed by atoms with Crippen molar-refractivity contribution in [2.45, 2.75) is 0 Å². The van der Waals surface area contributed by atoms with Gasteiger partial charge in [-0.1, -0.05) is 213 Å². The van der Waals surface area contributed by atoms with Crippen LogP contribution in [0.2, 0.25) is 0 Å². The van der Waals surface area contributed by atoms with Crippen LogP contribution in [0, 0.1) is 0 Å². The van der Waals surface area contributed by atoms with E-state index < -0.39 is 7.14 Å². The van der Waals surface area contributed by atoms with Gasteiger partial charge in [0.25, 0.3) is 0 Å². The van der Waals surface area contributed by atoms with E-state index in [9.17, 15) is 0 Å². The molecule has 9 aromatic rings. The number of rotatable bonds is 9. The van der Waals surface area contributed by atoms with Gasteiger partial charge in [-0.3, -0.25) is 0 Å². The van der Waals surface area contributed by atoms with Gasteiger partial charge in [0.15, 0.2) is 7.14 Å². The maximum Gasteiger partial charge on any atom is 0.170 e. The minimum Gasteiger partial charge on any atom is -0.309 e. The lowest BCUT2D eigenvalue weighted by molar-refractivity contribution is 0.591. The van der Waals surface area contributed by atoms with Crippen molar-refractivity contribution in [1.82, 2.24) is 0 Å². The zero-order chi connectivity index (χ0) is 38.1. The molecule has 0 saturated carbocycles. The minimum absolute atomic E-state index is 0.661. The summed E-state index contributed by atoms with van der Waals surface area (Å²) < 4.78 is 15.1. The Morgan fingerprint density at radius 2 is 0.875 bits per heavy atom. The van der Waals surface area contributed by atoms with Crippen molar-refractivity contribution in [3.05, 3.63) is 231 Å². The maximum absolute atomic E-state index is 15.1. The molecule has 0 heterocycles. The maximum atomic E-state index is 15.1. The summed E-state index contributed by atoms with van der Waals surface area (Å²) in [7, 11) is -3.19. The van der Waals surface area contributed by atoms with Crippen LogP contribution in [-0.4, -0.2) is 0 Å². The van der Waals surface area contributed by atoms with Gasteiger partial charge in [-0.2, -0.15) is 0 Å². The summed E-state index contributed by atoms with van der Waals surface area (Å²) in [5.74, 6) is 0. The van der Waals surface area contributed by atoms with Crippen LogP contribution >= 0.6 is 7.14 Å². The van der Waals surface area contributed by atoms with Crippen LogP contribution in [0.4, 0.5) is 0 Å². The van der Waals surface area contributed by atoms with Gasteiger partial charge in [0.1, 0.15) is 0 Å². The molecule has 266 valence electrons. The van der Waals surface area contributed by atoms with E-state index in [1.807, 2.05) is 48.5 Å². The SMILES string of the molecule is C=C/C=C(\C=C)P(=O)(c1ccccc1)c1ccc(-c2ccc3c(-c4ccc(-c5ccccc5)cc4)c4ccccc4c(-c4ccc5ccccc5c4)c3c2)cc1. The normalized spacial score (nSPS) is 12.8. The van der Waals surface area contributed by atoms with Crippen LogP contribution in [0.5, 0.6) is 0 Å². The van der Waals surface area contributed by atoms with E-state index in [1.54, 1.807) is 12.2 Å². The van der Waals surface area contributed by atoms with Gasteiger partial charge in [0.05, 0.1) is 0 Å². The van der Waals surface area contributed by atoms with E-state index in [-0.39, 0.29) is 0 Å². The molecule has 56 heavy (non-hydrogen) atoms. The Hall–Kier alpha value is -6.79. The average molecular weight is 735 g/mol. The highest BCUT2D eigenvalue weighted by Crippen LogP contribution is 2.52. The molecule has 1 atom stereocenters. The Morgan fingerprint density at radius 3 is 1.55 bits per heavy atom. The first kappa shape index (κ1) is 34.9. The van der Waals surface area contributed by atoms with Crippen LogP contribution in [0.1, 0.15) is 0 Å². The van der Waals surface area contributed by atoms with Crippen LogP contribution < -0.4 is 10.6 Å². The van der Waals surface area contributed by atoms with E-state index in [2.05, 4.69) is 165 Å². The second-order valence-electron chi connectivity index (χ2n) is 14.1. The van der Waals surface area contributed by atoms with Crippen molar-refractivity contribution >= 4 is 50.1 Å². The third kappa shape index (κ3) is 6.13. The fourth-order valence-corrected chi connectivity index (χ4v) is 10.8. The van der Waals surface area contributed by atoms with Gasteiger partial charge >= 0.3 is 0 Å². The lowest BCUT2D eigenvalue weighted by Crippen LogP contribution is -2.17. The van der Waals surface area contributed by atoms with E-state index in [0.717, 1.165) is 21.7 Å². The number of benzene rings is 9. The summed E-state index contributed by atoms with van der Waals surface area (Å²) in [4.78, 5) is 0. The van der Waals surface area contributed by atoms with Gasteiger partial charge in [-0.05, 0) is 89.0 Å². The first-order valence-corrected chi connectivity index (χ1v) is 20.6. The molecule has 9 aromatic carbocycles. The van der Waals surface area contributed by atoms with Gasteiger partial charge in [0.2, 0.25) is 0 Å². The molecule has 0 aliphatic rings. The topological polar surface area (TPSA) is 17.1 Å². The molecule has 0 fully saturated rings. The van der Waals surface area contributed by atoms with E-state index in [0.29, 0.717) is 5.31 Å². The Balaban J connectivity index is 1.25.